The van der Waals surface area contributed by atoms with E-state index < -0.39 is 0 Å². The number of carbonyl (C=O) groups excluding carboxylic acids is 1. The number of rotatable bonds is 2. The Bertz CT molecular complexity index is 211. The molecule has 1 fully saturated rings. The average molecular weight is 200 g/mol. The lowest BCUT2D eigenvalue weighted by Gasteiger charge is -2.20. The zero-order valence-electron chi connectivity index (χ0n) is 9.13. The molecular formula is C10H20N2O2. The maximum Gasteiger partial charge on any atom is 0.237 e. The molecule has 4 nitrogen and oxygen atoms in total. The van der Waals surface area contributed by atoms with Crippen molar-refractivity contribution in [1.82, 2.24) is 10.6 Å². The van der Waals surface area contributed by atoms with Crippen LogP contribution in [0.15, 0.2) is 0 Å². The zero-order valence-corrected chi connectivity index (χ0v) is 9.13. The standard InChI is InChI=1S/C10H20N2O2/c1-10(2,3)6-12-9(14)8-4-7(13)5-11-8/h7-8,11,13H,4-6H2,1-3H3,(H,12,14)/t7-,8+/m0/s1. The highest BCUT2D eigenvalue weighted by molar-refractivity contribution is 5.82. The molecule has 82 valence electrons. The molecule has 3 N–H and O–H groups in total. The first-order valence-corrected chi connectivity index (χ1v) is 5.08. The van der Waals surface area contributed by atoms with Crippen molar-refractivity contribution in [2.75, 3.05) is 13.1 Å². The van der Waals surface area contributed by atoms with Crippen molar-refractivity contribution in [2.45, 2.75) is 39.3 Å². The molecule has 2 atom stereocenters. The first kappa shape index (κ1) is 11.5. The highest BCUT2D eigenvalue weighted by atomic mass is 16.3. The van der Waals surface area contributed by atoms with Crippen LogP contribution in [0.3, 0.4) is 0 Å². The summed E-state index contributed by atoms with van der Waals surface area (Å²) in [5.74, 6) is -0.00326. The summed E-state index contributed by atoms with van der Waals surface area (Å²) in [5.41, 5.74) is 0.104. The Morgan fingerprint density at radius 2 is 2.21 bits per heavy atom. The number of hydrogen-bond acceptors (Lipinski definition) is 3. The molecule has 4 heteroatoms. The lowest BCUT2D eigenvalue weighted by atomic mass is 9.97. The van der Waals surface area contributed by atoms with Gasteiger partial charge in [0.25, 0.3) is 0 Å². The summed E-state index contributed by atoms with van der Waals surface area (Å²) in [6.07, 6.45) is 0.149. The molecule has 1 amide bonds. The van der Waals surface area contributed by atoms with E-state index in [0.717, 1.165) is 0 Å². The van der Waals surface area contributed by atoms with Crippen molar-refractivity contribution in [3.8, 4) is 0 Å². The van der Waals surface area contributed by atoms with E-state index in [9.17, 15) is 9.90 Å². The summed E-state index contributed by atoms with van der Waals surface area (Å²) in [7, 11) is 0. The van der Waals surface area contributed by atoms with Crippen molar-refractivity contribution in [2.24, 2.45) is 5.41 Å². The molecule has 1 heterocycles. The van der Waals surface area contributed by atoms with Gasteiger partial charge in [0.15, 0.2) is 0 Å². The third-order valence-corrected chi connectivity index (χ3v) is 2.22. The molecule has 0 spiro atoms. The molecule has 1 aliphatic heterocycles. The van der Waals surface area contributed by atoms with Gasteiger partial charge in [-0.3, -0.25) is 4.79 Å². The number of β-amino-alcohol motifs (C(OH)–C–C–N with tert-alkyl or cyclic N) is 1. The van der Waals surface area contributed by atoms with Gasteiger partial charge in [-0.2, -0.15) is 0 Å². The van der Waals surface area contributed by atoms with E-state index >= 15 is 0 Å². The topological polar surface area (TPSA) is 61.4 Å². The van der Waals surface area contributed by atoms with E-state index in [4.69, 9.17) is 0 Å². The van der Waals surface area contributed by atoms with Crippen molar-refractivity contribution < 1.29 is 9.90 Å². The van der Waals surface area contributed by atoms with Crippen LogP contribution < -0.4 is 10.6 Å². The van der Waals surface area contributed by atoms with Crippen molar-refractivity contribution in [3.63, 3.8) is 0 Å². The largest absolute Gasteiger partial charge is 0.392 e. The molecule has 0 aromatic carbocycles. The Balaban J connectivity index is 2.29. The summed E-state index contributed by atoms with van der Waals surface area (Å²) in [6.45, 7) is 7.41. The Labute approximate surface area is 85.1 Å². The van der Waals surface area contributed by atoms with Gasteiger partial charge < -0.3 is 15.7 Å². The number of aliphatic hydroxyl groups excluding tert-OH is 1. The van der Waals surface area contributed by atoms with Gasteiger partial charge in [-0.15, -0.1) is 0 Å². The fourth-order valence-electron chi connectivity index (χ4n) is 1.39. The second-order valence-corrected chi connectivity index (χ2v) is 5.13. The Morgan fingerprint density at radius 3 is 2.64 bits per heavy atom. The van der Waals surface area contributed by atoms with Crippen LogP contribution in [0.25, 0.3) is 0 Å². The predicted molar refractivity (Wildman–Crippen MR) is 54.9 cm³/mol. The minimum Gasteiger partial charge on any atom is -0.392 e. The molecule has 0 aromatic rings. The molecule has 0 aliphatic carbocycles. The minimum absolute atomic E-state index is 0.00326. The molecule has 0 unspecified atom stereocenters. The summed E-state index contributed by atoms with van der Waals surface area (Å²) in [4.78, 5) is 11.6. The van der Waals surface area contributed by atoms with Crippen LogP contribution in [0, 0.1) is 5.41 Å². The summed E-state index contributed by atoms with van der Waals surface area (Å²) >= 11 is 0. The molecule has 0 radical (unpaired) electrons. The van der Waals surface area contributed by atoms with Gasteiger partial charge in [0.05, 0.1) is 12.1 Å². The second-order valence-electron chi connectivity index (χ2n) is 5.13. The fourth-order valence-corrected chi connectivity index (χ4v) is 1.39. The van der Waals surface area contributed by atoms with Crippen molar-refractivity contribution >= 4 is 5.91 Å². The molecule has 1 saturated heterocycles. The highest BCUT2D eigenvalue weighted by Crippen LogP contribution is 2.11. The number of carbonyl (C=O) groups is 1. The van der Waals surface area contributed by atoms with Crippen molar-refractivity contribution in [1.29, 1.82) is 0 Å². The maximum absolute atomic E-state index is 11.6. The highest BCUT2D eigenvalue weighted by Gasteiger charge is 2.28. The summed E-state index contributed by atoms with van der Waals surface area (Å²) < 4.78 is 0. The van der Waals surface area contributed by atoms with Crippen LogP contribution >= 0.6 is 0 Å². The molecule has 1 aliphatic rings. The Hall–Kier alpha value is -0.610. The average Bonchev–Trinajstić information content (AvgIpc) is 2.46. The van der Waals surface area contributed by atoms with Gasteiger partial charge in [0, 0.05) is 13.1 Å². The molecular weight excluding hydrogens is 180 g/mol. The second kappa shape index (κ2) is 4.28. The normalized spacial score (nSPS) is 27.7. The van der Waals surface area contributed by atoms with Gasteiger partial charge >= 0.3 is 0 Å². The third kappa shape index (κ3) is 3.64. The zero-order chi connectivity index (χ0) is 10.8. The van der Waals surface area contributed by atoms with Crippen LogP contribution in [0.1, 0.15) is 27.2 Å². The minimum atomic E-state index is -0.375. The van der Waals surface area contributed by atoms with E-state index in [0.29, 0.717) is 19.5 Å². The van der Waals surface area contributed by atoms with E-state index in [-0.39, 0.29) is 23.5 Å². The molecule has 0 saturated carbocycles. The van der Waals surface area contributed by atoms with Crippen LogP contribution in [0.5, 0.6) is 0 Å². The third-order valence-electron chi connectivity index (χ3n) is 2.22. The van der Waals surface area contributed by atoms with Gasteiger partial charge in [-0.25, -0.2) is 0 Å². The van der Waals surface area contributed by atoms with E-state index in [1.165, 1.54) is 0 Å². The monoisotopic (exact) mass is 200 g/mol. The first-order valence-electron chi connectivity index (χ1n) is 5.08. The van der Waals surface area contributed by atoms with Crippen LogP contribution in [0.2, 0.25) is 0 Å². The van der Waals surface area contributed by atoms with Gasteiger partial charge in [0.2, 0.25) is 5.91 Å². The van der Waals surface area contributed by atoms with Crippen LogP contribution in [-0.4, -0.2) is 36.2 Å². The fraction of sp³-hybridized carbons (Fsp3) is 0.900. The Kier molecular flexibility index (Phi) is 3.50. The van der Waals surface area contributed by atoms with E-state index in [1.807, 2.05) is 0 Å². The van der Waals surface area contributed by atoms with E-state index in [2.05, 4.69) is 31.4 Å². The smallest absolute Gasteiger partial charge is 0.237 e. The molecule has 0 aromatic heterocycles. The van der Waals surface area contributed by atoms with Crippen LogP contribution in [-0.2, 0) is 4.79 Å². The lowest BCUT2D eigenvalue weighted by molar-refractivity contribution is -0.123. The number of nitrogens with one attached hydrogen (secondary N) is 2. The number of amides is 1. The SMILES string of the molecule is CC(C)(C)CNC(=O)[C@H]1C[C@H](O)CN1. The molecule has 0 bridgehead atoms. The molecule has 14 heavy (non-hydrogen) atoms. The van der Waals surface area contributed by atoms with Gasteiger partial charge in [-0.05, 0) is 11.8 Å². The quantitative estimate of drug-likeness (QED) is 0.582. The predicted octanol–water partition coefficient (Wildman–Crippen LogP) is -0.128. The molecule has 1 rings (SSSR count). The van der Waals surface area contributed by atoms with Crippen LogP contribution in [0.4, 0.5) is 0 Å². The first-order chi connectivity index (χ1) is 6.38. The Morgan fingerprint density at radius 1 is 1.57 bits per heavy atom. The number of hydrogen-bond donors (Lipinski definition) is 3. The summed E-state index contributed by atoms with van der Waals surface area (Å²) in [6, 6.07) is -0.215. The maximum atomic E-state index is 11.6. The van der Waals surface area contributed by atoms with Gasteiger partial charge in [0.1, 0.15) is 0 Å². The summed E-state index contributed by atoms with van der Waals surface area (Å²) in [5, 5.41) is 15.1. The van der Waals surface area contributed by atoms with Crippen molar-refractivity contribution in [3.05, 3.63) is 0 Å². The number of aliphatic hydroxyl groups is 1. The lowest BCUT2D eigenvalue weighted by Crippen LogP contribution is -2.43. The van der Waals surface area contributed by atoms with E-state index in [1.54, 1.807) is 0 Å². The van der Waals surface area contributed by atoms with Gasteiger partial charge in [-0.1, -0.05) is 20.8 Å².